The first kappa shape index (κ1) is 17.6. The van der Waals surface area contributed by atoms with Crippen molar-refractivity contribution >= 4 is 0 Å². The van der Waals surface area contributed by atoms with Gasteiger partial charge in [0.05, 0.1) is 5.41 Å². The molecule has 4 heteroatoms. The first-order chi connectivity index (χ1) is 13.9. The van der Waals surface area contributed by atoms with Crippen molar-refractivity contribution in [1.29, 1.82) is 0 Å². The van der Waals surface area contributed by atoms with Crippen LogP contribution in [0.3, 0.4) is 0 Å². The summed E-state index contributed by atoms with van der Waals surface area (Å²) in [6, 6.07) is 22.1. The highest BCUT2D eigenvalue weighted by Crippen LogP contribution is 2.43. The number of rotatable bonds is 6. The van der Waals surface area contributed by atoms with Crippen LogP contribution < -0.4 is 0 Å². The van der Waals surface area contributed by atoms with Crippen LogP contribution in [0.25, 0.3) is 0 Å². The van der Waals surface area contributed by atoms with Crippen molar-refractivity contribution in [1.82, 2.24) is 15.1 Å². The Hall–Kier alpha value is -2.46. The minimum Gasteiger partial charge on any atom is -0.427 e. The summed E-state index contributed by atoms with van der Waals surface area (Å²) in [6.07, 6.45) is 7.93. The van der Waals surface area contributed by atoms with Crippen molar-refractivity contribution in [2.45, 2.75) is 43.6 Å². The molecule has 28 heavy (non-hydrogen) atoms. The van der Waals surface area contributed by atoms with E-state index in [1.54, 1.807) is 0 Å². The molecule has 0 spiro atoms. The normalized spacial score (nSPS) is 22.4. The average Bonchev–Trinajstić information content (AvgIpc) is 3.32. The lowest BCUT2D eigenvalue weighted by atomic mass is 9.71. The van der Waals surface area contributed by atoms with Gasteiger partial charge in [-0.15, -0.1) is 10.2 Å². The lowest BCUT2D eigenvalue weighted by Crippen LogP contribution is -2.49. The van der Waals surface area contributed by atoms with Crippen LogP contribution in [0.2, 0.25) is 0 Å². The van der Waals surface area contributed by atoms with Gasteiger partial charge in [-0.3, -0.25) is 0 Å². The van der Waals surface area contributed by atoms with E-state index in [0.29, 0.717) is 5.89 Å². The van der Waals surface area contributed by atoms with Crippen molar-refractivity contribution in [3.8, 4) is 0 Å². The Bertz CT molecular complexity index is 831. The van der Waals surface area contributed by atoms with Crippen molar-refractivity contribution in [2.75, 3.05) is 13.1 Å². The van der Waals surface area contributed by atoms with Gasteiger partial charge in [0.25, 0.3) is 0 Å². The molecular formula is C24H27N3O. The fourth-order valence-electron chi connectivity index (χ4n) is 5.37. The fourth-order valence-corrected chi connectivity index (χ4v) is 5.37. The third-order valence-corrected chi connectivity index (χ3v) is 6.86. The topological polar surface area (TPSA) is 42.2 Å². The van der Waals surface area contributed by atoms with E-state index in [-0.39, 0.29) is 0 Å². The number of nitrogens with zero attached hydrogens (tertiary/aromatic N) is 3. The predicted octanol–water partition coefficient (Wildman–Crippen LogP) is 4.67. The van der Waals surface area contributed by atoms with E-state index >= 15 is 0 Å². The summed E-state index contributed by atoms with van der Waals surface area (Å²) in [5.41, 5.74) is 2.01. The molecule has 144 valence electrons. The Morgan fingerprint density at radius 2 is 1.54 bits per heavy atom. The zero-order valence-electron chi connectivity index (χ0n) is 16.2. The molecule has 2 aromatic carbocycles. The Balaban J connectivity index is 1.56. The summed E-state index contributed by atoms with van der Waals surface area (Å²) in [5.74, 6) is 1.57. The molecule has 2 bridgehead atoms. The maximum atomic E-state index is 5.87. The van der Waals surface area contributed by atoms with Crippen LogP contribution in [-0.2, 0) is 5.41 Å². The minimum absolute atomic E-state index is 0.421. The molecule has 0 amide bonds. The molecule has 0 atom stereocenters. The number of fused-ring (bicyclic) bond motifs is 3. The molecule has 2 aliphatic heterocycles. The third kappa shape index (κ3) is 3.06. The van der Waals surface area contributed by atoms with Crippen LogP contribution in [0.5, 0.6) is 0 Å². The maximum Gasteiger partial charge on any atom is 0.231 e. The van der Waals surface area contributed by atoms with Gasteiger partial charge in [-0.2, -0.15) is 0 Å². The Kier molecular flexibility index (Phi) is 4.73. The van der Waals surface area contributed by atoms with Gasteiger partial charge >= 0.3 is 0 Å². The molecule has 6 rings (SSSR count). The van der Waals surface area contributed by atoms with Crippen LogP contribution >= 0.6 is 0 Å². The maximum absolute atomic E-state index is 5.87. The zero-order valence-corrected chi connectivity index (χ0v) is 16.2. The molecule has 0 N–H and O–H groups in total. The van der Waals surface area contributed by atoms with Crippen molar-refractivity contribution < 1.29 is 4.42 Å². The van der Waals surface area contributed by atoms with Crippen molar-refractivity contribution in [3.63, 3.8) is 0 Å². The third-order valence-electron chi connectivity index (χ3n) is 6.86. The highest BCUT2D eigenvalue weighted by Gasteiger charge is 2.42. The zero-order chi connectivity index (χ0) is 18.8. The van der Waals surface area contributed by atoms with Gasteiger partial charge in [0.2, 0.25) is 12.3 Å². The average molecular weight is 374 g/mol. The molecule has 0 radical (unpaired) electrons. The van der Waals surface area contributed by atoms with Crippen LogP contribution in [0.15, 0.2) is 71.5 Å². The largest absolute Gasteiger partial charge is 0.427 e. The van der Waals surface area contributed by atoms with Crippen molar-refractivity contribution in [2.24, 2.45) is 5.92 Å². The molecule has 3 fully saturated rings. The summed E-state index contributed by atoms with van der Waals surface area (Å²) in [7, 11) is 0. The van der Waals surface area contributed by atoms with E-state index < -0.39 is 5.41 Å². The molecular weight excluding hydrogens is 346 g/mol. The first-order valence-electron chi connectivity index (χ1n) is 10.5. The van der Waals surface area contributed by atoms with Crippen LogP contribution in [0, 0.1) is 5.92 Å². The number of piperidine rings is 2. The van der Waals surface area contributed by atoms with Gasteiger partial charge in [-0.05, 0) is 49.1 Å². The smallest absolute Gasteiger partial charge is 0.231 e. The van der Waals surface area contributed by atoms with Gasteiger partial charge in [-0.1, -0.05) is 60.7 Å². The number of hydrogen-bond donors (Lipinski definition) is 0. The fraction of sp³-hybridized carbons (Fsp3) is 0.417. The van der Waals surface area contributed by atoms with E-state index in [1.165, 1.54) is 49.7 Å². The van der Waals surface area contributed by atoms with Crippen LogP contribution in [-0.4, -0.2) is 34.2 Å². The molecule has 1 aromatic heterocycles. The minimum atomic E-state index is -0.421. The van der Waals surface area contributed by atoms with E-state index in [2.05, 4.69) is 75.8 Å². The predicted molar refractivity (Wildman–Crippen MR) is 109 cm³/mol. The summed E-state index contributed by atoms with van der Waals surface area (Å²) in [4.78, 5) is 2.72. The highest BCUT2D eigenvalue weighted by atomic mass is 16.4. The van der Waals surface area contributed by atoms with Gasteiger partial charge in [0.15, 0.2) is 0 Å². The summed E-state index contributed by atoms with van der Waals surface area (Å²) >= 11 is 0. The summed E-state index contributed by atoms with van der Waals surface area (Å²) in [6.45, 7) is 2.29. The lowest BCUT2D eigenvalue weighted by Gasteiger charge is -2.46. The SMILES string of the molecule is c1ccc(C(CCN2CC3CCC2CC3)(c2ccccc2)c2nnco2)cc1. The second-order valence-corrected chi connectivity index (χ2v) is 8.30. The molecule has 4 nitrogen and oxygen atoms in total. The molecule has 3 aromatic rings. The van der Waals surface area contributed by atoms with E-state index in [4.69, 9.17) is 4.42 Å². The molecule has 3 heterocycles. The second kappa shape index (κ2) is 7.51. The Morgan fingerprint density at radius 1 is 0.893 bits per heavy atom. The number of hydrogen-bond acceptors (Lipinski definition) is 4. The van der Waals surface area contributed by atoms with Gasteiger partial charge in [0, 0.05) is 19.1 Å². The molecule has 1 aliphatic carbocycles. The van der Waals surface area contributed by atoms with E-state index in [9.17, 15) is 0 Å². The molecule has 0 unspecified atom stereocenters. The molecule has 3 aliphatic rings. The Labute approximate surface area is 166 Å². The van der Waals surface area contributed by atoms with E-state index in [1.807, 2.05) is 0 Å². The summed E-state index contributed by atoms with van der Waals surface area (Å²) in [5, 5.41) is 8.46. The van der Waals surface area contributed by atoms with Gasteiger partial charge in [-0.25, -0.2) is 0 Å². The van der Waals surface area contributed by atoms with E-state index in [0.717, 1.165) is 24.9 Å². The summed E-state index contributed by atoms with van der Waals surface area (Å²) < 4.78 is 5.87. The lowest BCUT2D eigenvalue weighted by molar-refractivity contribution is 0.0445. The quantitative estimate of drug-likeness (QED) is 0.630. The van der Waals surface area contributed by atoms with Gasteiger partial charge in [0.1, 0.15) is 0 Å². The second-order valence-electron chi connectivity index (χ2n) is 8.30. The standard InChI is InChI=1S/C24H27N3O/c1-3-7-20(8-4-1)24(23-26-25-18-28-23,21-9-5-2-6-10-21)15-16-27-17-19-11-13-22(27)14-12-19/h1-10,18-19,22H,11-17H2. The number of aromatic nitrogens is 2. The first-order valence-corrected chi connectivity index (χ1v) is 10.5. The number of benzene rings is 2. The van der Waals surface area contributed by atoms with Crippen molar-refractivity contribution in [3.05, 3.63) is 84.1 Å². The van der Waals surface area contributed by atoms with Gasteiger partial charge < -0.3 is 9.32 Å². The van der Waals surface area contributed by atoms with Crippen LogP contribution in [0.1, 0.15) is 49.1 Å². The monoisotopic (exact) mass is 373 g/mol. The van der Waals surface area contributed by atoms with Crippen LogP contribution in [0.4, 0.5) is 0 Å². The highest BCUT2D eigenvalue weighted by molar-refractivity contribution is 5.45. The Morgan fingerprint density at radius 3 is 2.04 bits per heavy atom. The molecule has 1 saturated carbocycles. The molecule has 2 saturated heterocycles.